The lowest BCUT2D eigenvalue weighted by atomic mass is 9.88. The number of fused-ring (bicyclic) bond motifs is 1. The highest BCUT2D eigenvalue weighted by Gasteiger charge is 2.47. The van der Waals surface area contributed by atoms with Gasteiger partial charge in [0.2, 0.25) is 0 Å². The van der Waals surface area contributed by atoms with Gasteiger partial charge in [0.05, 0.1) is 6.20 Å². The lowest BCUT2D eigenvalue weighted by Crippen LogP contribution is -2.44. The molecule has 1 aliphatic rings. The van der Waals surface area contributed by atoms with Crippen molar-refractivity contribution in [3.63, 3.8) is 0 Å². The summed E-state index contributed by atoms with van der Waals surface area (Å²) in [6.45, 7) is 3.89. The molecule has 0 bridgehead atoms. The van der Waals surface area contributed by atoms with Gasteiger partial charge in [0.1, 0.15) is 11.7 Å². The number of aromatic nitrogens is 2. The fourth-order valence-electron chi connectivity index (χ4n) is 2.63. The third-order valence-corrected chi connectivity index (χ3v) is 4.51. The van der Waals surface area contributed by atoms with Gasteiger partial charge in [-0.25, -0.2) is 4.68 Å². The summed E-state index contributed by atoms with van der Waals surface area (Å²) in [5, 5.41) is 20.1. The molecular formula is C13H14N4O3S. The van der Waals surface area contributed by atoms with E-state index in [2.05, 4.69) is 10.4 Å². The monoisotopic (exact) mass is 306 g/mol. The largest absolute Gasteiger partial charge is 0.305 e. The van der Waals surface area contributed by atoms with E-state index in [-0.39, 0.29) is 6.04 Å². The van der Waals surface area contributed by atoms with E-state index < -0.39 is 22.8 Å². The van der Waals surface area contributed by atoms with Crippen LogP contribution in [0.3, 0.4) is 0 Å². The summed E-state index contributed by atoms with van der Waals surface area (Å²) in [5.41, 5.74) is 0.701. The Bertz CT molecular complexity index is 692. The number of nitro groups is 1. The fourth-order valence-corrected chi connectivity index (χ4v) is 3.50. The topological polar surface area (TPSA) is 90.1 Å². The summed E-state index contributed by atoms with van der Waals surface area (Å²) in [5.74, 6) is -0.615. The Hall–Kier alpha value is -2.22. The molecule has 1 N–H and O–H groups in total. The number of carbonyl (C=O) groups excluding carboxylic acids is 1. The second-order valence-corrected chi connectivity index (χ2v) is 6.18. The van der Waals surface area contributed by atoms with Crippen molar-refractivity contribution < 1.29 is 9.72 Å². The minimum absolute atomic E-state index is 0.0604. The molecular weight excluding hydrogens is 292 g/mol. The zero-order valence-electron chi connectivity index (χ0n) is 11.5. The lowest BCUT2D eigenvalue weighted by molar-refractivity contribution is -0.509. The Labute approximate surface area is 124 Å². The molecule has 1 aliphatic heterocycles. The highest BCUT2D eigenvalue weighted by atomic mass is 32.1. The molecule has 3 heterocycles. The van der Waals surface area contributed by atoms with E-state index in [0.717, 1.165) is 4.88 Å². The summed E-state index contributed by atoms with van der Waals surface area (Å²) in [7, 11) is 0. The molecule has 0 spiro atoms. The zero-order valence-corrected chi connectivity index (χ0v) is 12.3. The molecule has 110 valence electrons. The number of thiophene rings is 1. The van der Waals surface area contributed by atoms with E-state index in [4.69, 9.17) is 0 Å². The van der Waals surface area contributed by atoms with Crippen molar-refractivity contribution in [2.75, 3.05) is 5.32 Å². The Morgan fingerprint density at radius 2 is 2.29 bits per heavy atom. The fraction of sp³-hybridized carbons (Fsp3) is 0.385. The van der Waals surface area contributed by atoms with Crippen molar-refractivity contribution >= 4 is 23.1 Å². The van der Waals surface area contributed by atoms with Crippen molar-refractivity contribution in [3.8, 4) is 0 Å². The molecule has 8 heteroatoms. The highest BCUT2D eigenvalue weighted by molar-refractivity contribution is 7.10. The molecule has 0 aromatic carbocycles. The van der Waals surface area contributed by atoms with Crippen molar-refractivity contribution in [1.82, 2.24) is 9.78 Å². The molecule has 2 atom stereocenters. The average Bonchev–Trinajstić information content (AvgIpc) is 3.05. The summed E-state index contributed by atoms with van der Waals surface area (Å²) in [6, 6.07) is 2.39. The van der Waals surface area contributed by atoms with Crippen LogP contribution in [0.5, 0.6) is 0 Å². The molecule has 2 aromatic rings. The average molecular weight is 306 g/mol. The van der Waals surface area contributed by atoms with Crippen LogP contribution in [-0.2, 0) is 4.79 Å². The van der Waals surface area contributed by atoms with E-state index in [9.17, 15) is 14.9 Å². The molecule has 0 fully saturated rings. The maximum absolute atomic E-state index is 12.2. The number of hydrogen-bond donors (Lipinski definition) is 1. The Balaban J connectivity index is 2.18. The van der Waals surface area contributed by atoms with Crippen LogP contribution in [0.25, 0.3) is 0 Å². The molecule has 1 amide bonds. The molecule has 0 saturated heterocycles. The van der Waals surface area contributed by atoms with Gasteiger partial charge in [0.15, 0.2) is 0 Å². The number of nitrogens with one attached hydrogen (secondary N) is 1. The van der Waals surface area contributed by atoms with Crippen LogP contribution in [0.4, 0.5) is 5.82 Å². The van der Waals surface area contributed by atoms with E-state index in [1.165, 1.54) is 11.3 Å². The number of anilines is 1. The van der Waals surface area contributed by atoms with E-state index in [1.807, 2.05) is 31.4 Å². The van der Waals surface area contributed by atoms with Crippen molar-refractivity contribution in [3.05, 3.63) is 44.3 Å². The third kappa shape index (κ3) is 2.11. The number of rotatable bonds is 3. The van der Waals surface area contributed by atoms with Crippen LogP contribution in [0, 0.1) is 10.1 Å². The predicted octanol–water partition coefficient (Wildman–Crippen LogP) is 2.25. The predicted molar refractivity (Wildman–Crippen MR) is 78.2 cm³/mol. The molecule has 2 aromatic heterocycles. The molecule has 3 rings (SSSR count). The minimum atomic E-state index is -1.32. The SMILES string of the molecule is CC(C)n1ncc2c1NC(=O)[C@@H]([N+](=O)[O-])[C@H]2c1cccs1. The molecule has 21 heavy (non-hydrogen) atoms. The van der Waals surface area contributed by atoms with Gasteiger partial charge >= 0.3 is 11.9 Å². The van der Waals surface area contributed by atoms with Crippen LogP contribution < -0.4 is 5.32 Å². The van der Waals surface area contributed by atoms with Crippen LogP contribution >= 0.6 is 11.3 Å². The van der Waals surface area contributed by atoms with Gasteiger partial charge in [-0.3, -0.25) is 14.9 Å². The summed E-state index contributed by atoms with van der Waals surface area (Å²) < 4.78 is 1.68. The Kier molecular flexibility index (Phi) is 3.25. The maximum Gasteiger partial charge on any atom is 0.301 e. The summed E-state index contributed by atoms with van der Waals surface area (Å²) >= 11 is 1.41. The summed E-state index contributed by atoms with van der Waals surface area (Å²) in [6.07, 6.45) is 1.62. The standard InChI is InChI=1S/C13H14N4O3S/c1-7(2)16-12-8(6-14-16)10(9-4-3-5-21-9)11(17(19)20)13(18)15-12/h3-7,10-11H,1-2H3,(H,15,18)/t10-,11+/m1/s1. The quantitative estimate of drug-likeness (QED) is 0.695. The minimum Gasteiger partial charge on any atom is -0.305 e. The van der Waals surface area contributed by atoms with E-state index >= 15 is 0 Å². The number of nitrogens with zero attached hydrogens (tertiary/aromatic N) is 3. The number of hydrogen-bond acceptors (Lipinski definition) is 5. The van der Waals surface area contributed by atoms with Gasteiger partial charge in [-0.1, -0.05) is 6.07 Å². The first-order valence-corrected chi connectivity index (χ1v) is 7.44. The smallest absolute Gasteiger partial charge is 0.301 e. The van der Waals surface area contributed by atoms with Crippen LogP contribution in [0.1, 0.15) is 36.2 Å². The first-order valence-electron chi connectivity index (χ1n) is 6.56. The molecule has 7 nitrogen and oxygen atoms in total. The second kappa shape index (κ2) is 4.96. The van der Waals surface area contributed by atoms with Crippen LogP contribution in [0.15, 0.2) is 23.7 Å². The normalized spacial score (nSPS) is 21.2. The second-order valence-electron chi connectivity index (χ2n) is 5.20. The lowest BCUT2D eigenvalue weighted by Gasteiger charge is -2.26. The first kappa shape index (κ1) is 13.7. The van der Waals surface area contributed by atoms with Crippen molar-refractivity contribution in [2.45, 2.75) is 31.8 Å². The number of amides is 1. The van der Waals surface area contributed by atoms with Crippen molar-refractivity contribution in [1.29, 1.82) is 0 Å². The van der Waals surface area contributed by atoms with Crippen molar-refractivity contribution in [2.24, 2.45) is 0 Å². The Morgan fingerprint density at radius 3 is 2.86 bits per heavy atom. The molecule has 0 unspecified atom stereocenters. The molecule has 0 saturated carbocycles. The van der Waals surface area contributed by atoms with Gasteiger partial charge in [0, 0.05) is 21.4 Å². The van der Waals surface area contributed by atoms with Gasteiger partial charge in [-0.05, 0) is 25.3 Å². The number of carbonyl (C=O) groups is 1. The van der Waals surface area contributed by atoms with E-state index in [1.54, 1.807) is 10.9 Å². The third-order valence-electron chi connectivity index (χ3n) is 3.55. The van der Waals surface area contributed by atoms with Crippen LogP contribution in [-0.4, -0.2) is 26.7 Å². The maximum atomic E-state index is 12.2. The van der Waals surface area contributed by atoms with Gasteiger partial charge < -0.3 is 5.32 Å². The highest BCUT2D eigenvalue weighted by Crippen LogP contribution is 2.40. The summed E-state index contributed by atoms with van der Waals surface area (Å²) in [4.78, 5) is 23.8. The molecule has 0 aliphatic carbocycles. The van der Waals surface area contributed by atoms with Gasteiger partial charge in [-0.2, -0.15) is 5.10 Å². The zero-order chi connectivity index (χ0) is 15.1. The van der Waals surface area contributed by atoms with Gasteiger partial charge in [0.25, 0.3) is 0 Å². The Morgan fingerprint density at radius 1 is 1.52 bits per heavy atom. The molecule has 0 radical (unpaired) electrons. The van der Waals surface area contributed by atoms with Gasteiger partial charge in [-0.15, -0.1) is 11.3 Å². The van der Waals surface area contributed by atoms with Crippen LogP contribution in [0.2, 0.25) is 0 Å². The van der Waals surface area contributed by atoms with E-state index in [0.29, 0.717) is 11.4 Å². The first-order chi connectivity index (χ1) is 10.0.